The number of aryl methyl sites for hydroxylation is 1. The molecule has 16 heavy (non-hydrogen) atoms. The van der Waals surface area contributed by atoms with Gasteiger partial charge in [0.1, 0.15) is 5.75 Å². The molecule has 0 aliphatic carbocycles. The molecule has 0 aliphatic heterocycles. The summed E-state index contributed by atoms with van der Waals surface area (Å²) < 4.78 is 5.84. The quantitative estimate of drug-likeness (QED) is 0.822. The molecule has 2 atom stereocenters. The molecule has 0 saturated heterocycles. The van der Waals surface area contributed by atoms with Gasteiger partial charge in [0.25, 0.3) is 0 Å². The number of benzene rings is 1. The summed E-state index contributed by atoms with van der Waals surface area (Å²) in [4.78, 5) is 0. The van der Waals surface area contributed by atoms with Crippen LogP contribution in [0.5, 0.6) is 5.75 Å². The molecule has 0 amide bonds. The van der Waals surface area contributed by atoms with Crippen molar-refractivity contribution in [2.45, 2.75) is 46.3 Å². The van der Waals surface area contributed by atoms with Gasteiger partial charge in [-0.1, -0.05) is 19.1 Å². The monoisotopic (exact) mass is 221 g/mol. The molecule has 0 saturated carbocycles. The van der Waals surface area contributed by atoms with Gasteiger partial charge in [0.15, 0.2) is 0 Å². The van der Waals surface area contributed by atoms with Crippen molar-refractivity contribution in [1.29, 1.82) is 0 Å². The van der Waals surface area contributed by atoms with Gasteiger partial charge in [-0.3, -0.25) is 0 Å². The van der Waals surface area contributed by atoms with Crippen molar-refractivity contribution in [2.24, 2.45) is 0 Å². The average molecular weight is 221 g/mol. The highest BCUT2D eigenvalue weighted by atomic mass is 16.5. The largest absolute Gasteiger partial charge is 0.490 e. The van der Waals surface area contributed by atoms with Gasteiger partial charge in [-0.05, 0) is 51.4 Å². The summed E-state index contributed by atoms with van der Waals surface area (Å²) in [5.41, 5.74) is 2.51. The van der Waals surface area contributed by atoms with Crippen molar-refractivity contribution in [3.05, 3.63) is 29.3 Å². The molecule has 2 unspecified atom stereocenters. The first-order chi connectivity index (χ1) is 7.58. The Balaban J connectivity index is 2.83. The highest BCUT2D eigenvalue weighted by Crippen LogP contribution is 2.23. The molecular weight excluding hydrogens is 198 g/mol. The van der Waals surface area contributed by atoms with E-state index < -0.39 is 0 Å². The molecule has 0 heterocycles. The Hall–Kier alpha value is -1.02. The molecule has 0 aromatic heterocycles. The third-order valence-electron chi connectivity index (χ3n) is 3.04. The van der Waals surface area contributed by atoms with Crippen LogP contribution in [0.4, 0.5) is 0 Å². The summed E-state index contributed by atoms with van der Waals surface area (Å²) in [6.07, 6.45) is 1.32. The van der Waals surface area contributed by atoms with E-state index in [4.69, 9.17) is 4.74 Å². The second-order valence-corrected chi connectivity index (χ2v) is 4.37. The van der Waals surface area contributed by atoms with Crippen LogP contribution in [-0.2, 0) is 0 Å². The fourth-order valence-corrected chi connectivity index (χ4v) is 1.54. The summed E-state index contributed by atoms with van der Waals surface area (Å²) in [5.74, 6) is 1.00. The number of hydrogen-bond donors (Lipinski definition) is 1. The molecule has 0 bridgehead atoms. The molecule has 2 nitrogen and oxygen atoms in total. The third-order valence-corrected chi connectivity index (χ3v) is 3.04. The van der Waals surface area contributed by atoms with E-state index in [2.05, 4.69) is 51.2 Å². The Bertz CT molecular complexity index is 336. The molecule has 1 aromatic carbocycles. The van der Waals surface area contributed by atoms with E-state index in [9.17, 15) is 0 Å². The summed E-state index contributed by atoms with van der Waals surface area (Å²) in [5, 5.41) is 3.24. The molecule has 1 N–H and O–H groups in total. The lowest BCUT2D eigenvalue weighted by Crippen LogP contribution is -2.13. The average Bonchev–Trinajstić information content (AvgIpc) is 2.30. The van der Waals surface area contributed by atoms with Crippen LogP contribution in [0.1, 0.15) is 44.4 Å². The van der Waals surface area contributed by atoms with Crippen molar-refractivity contribution in [3.8, 4) is 5.75 Å². The van der Waals surface area contributed by atoms with Crippen LogP contribution in [0.2, 0.25) is 0 Å². The van der Waals surface area contributed by atoms with Crippen LogP contribution in [-0.4, -0.2) is 13.2 Å². The van der Waals surface area contributed by atoms with Gasteiger partial charge in [0.2, 0.25) is 0 Å². The van der Waals surface area contributed by atoms with E-state index in [1.165, 1.54) is 11.1 Å². The fraction of sp³-hybridized carbons (Fsp3) is 0.571. The molecule has 1 rings (SSSR count). The van der Waals surface area contributed by atoms with Crippen LogP contribution in [0.3, 0.4) is 0 Å². The van der Waals surface area contributed by atoms with E-state index in [0.717, 1.165) is 12.2 Å². The standard InChI is InChI=1S/C14H23NO/c1-6-11(3)16-14-8-7-13(9-10(14)2)12(4)15-5/h7-9,11-12,15H,6H2,1-5H3. The zero-order valence-electron chi connectivity index (χ0n) is 11.0. The van der Waals surface area contributed by atoms with Crippen molar-refractivity contribution < 1.29 is 4.74 Å². The Labute approximate surface area is 99.0 Å². The lowest BCUT2D eigenvalue weighted by molar-refractivity contribution is 0.216. The highest BCUT2D eigenvalue weighted by Gasteiger charge is 2.07. The van der Waals surface area contributed by atoms with E-state index in [-0.39, 0.29) is 6.10 Å². The van der Waals surface area contributed by atoms with Crippen LogP contribution in [0.15, 0.2) is 18.2 Å². The van der Waals surface area contributed by atoms with E-state index in [1.807, 2.05) is 7.05 Å². The van der Waals surface area contributed by atoms with Crippen LogP contribution < -0.4 is 10.1 Å². The van der Waals surface area contributed by atoms with Crippen LogP contribution in [0, 0.1) is 6.92 Å². The first kappa shape index (κ1) is 13.0. The predicted molar refractivity (Wildman–Crippen MR) is 69.0 cm³/mol. The fourth-order valence-electron chi connectivity index (χ4n) is 1.54. The van der Waals surface area contributed by atoms with Crippen molar-refractivity contribution in [1.82, 2.24) is 5.32 Å². The predicted octanol–water partition coefficient (Wildman–Crippen LogP) is 3.45. The van der Waals surface area contributed by atoms with Gasteiger partial charge in [-0.2, -0.15) is 0 Å². The first-order valence-corrected chi connectivity index (χ1v) is 6.03. The molecule has 0 radical (unpaired) electrons. The molecule has 0 spiro atoms. The summed E-state index contributed by atoms with van der Waals surface area (Å²) in [6, 6.07) is 6.78. The molecule has 0 fully saturated rings. The van der Waals surface area contributed by atoms with Crippen molar-refractivity contribution in [3.63, 3.8) is 0 Å². The number of hydrogen-bond acceptors (Lipinski definition) is 2. The minimum absolute atomic E-state index is 0.284. The highest BCUT2D eigenvalue weighted by molar-refractivity contribution is 5.37. The second-order valence-electron chi connectivity index (χ2n) is 4.37. The Kier molecular flexibility index (Phi) is 4.81. The van der Waals surface area contributed by atoms with E-state index in [1.54, 1.807) is 0 Å². The lowest BCUT2D eigenvalue weighted by atomic mass is 10.1. The van der Waals surface area contributed by atoms with Gasteiger partial charge in [-0.15, -0.1) is 0 Å². The summed E-state index contributed by atoms with van der Waals surface area (Å²) in [6.45, 7) is 8.49. The summed E-state index contributed by atoms with van der Waals surface area (Å²) in [7, 11) is 1.98. The van der Waals surface area contributed by atoms with Gasteiger partial charge >= 0.3 is 0 Å². The lowest BCUT2D eigenvalue weighted by Gasteiger charge is -2.17. The summed E-state index contributed by atoms with van der Waals surface area (Å²) >= 11 is 0. The maximum absolute atomic E-state index is 5.84. The molecule has 1 aromatic rings. The maximum atomic E-state index is 5.84. The Morgan fingerprint density at radius 2 is 2.00 bits per heavy atom. The zero-order valence-corrected chi connectivity index (χ0v) is 11.0. The normalized spacial score (nSPS) is 14.6. The van der Waals surface area contributed by atoms with Gasteiger partial charge in [-0.25, -0.2) is 0 Å². The minimum atomic E-state index is 0.284. The minimum Gasteiger partial charge on any atom is -0.490 e. The molecule has 90 valence electrons. The van der Waals surface area contributed by atoms with Gasteiger partial charge < -0.3 is 10.1 Å². The number of nitrogens with one attached hydrogen (secondary N) is 1. The van der Waals surface area contributed by atoms with Crippen LogP contribution in [0.25, 0.3) is 0 Å². The van der Waals surface area contributed by atoms with E-state index in [0.29, 0.717) is 6.04 Å². The Morgan fingerprint density at radius 3 is 2.50 bits per heavy atom. The van der Waals surface area contributed by atoms with Crippen LogP contribution >= 0.6 is 0 Å². The van der Waals surface area contributed by atoms with Gasteiger partial charge in [0.05, 0.1) is 6.10 Å². The number of ether oxygens (including phenoxy) is 1. The zero-order chi connectivity index (χ0) is 12.1. The van der Waals surface area contributed by atoms with Crippen molar-refractivity contribution >= 4 is 0 Å². The Morgan fingerprint density at radius 1 is 1.31 bits per heavy atom. The molecule has 2 heteroatoms. The topological polar surface area (TPSA) is 21.3 Å². The third kappa shape index (κ3) is 3.24. The smallest absolute Gasteiger partial charge is 0.122 e. The second kappa shape index (κ2) is 5.90. The van der Waals surface area contributed by atoms with E-state index >= 15 is 0 Å². The van der Waals surface area contributed by atoms with Gasteiger partial charge in [0, 0.05) is 6.04 Å². The first-order valence-electron chi connectivity index (χ1n) is 6.03. The maximum Gasteiger partial charge on any atom is 0.122 e. The SMILES string of the molecule is CCC(C)Oc1ccc(C(C)NC)cc1C. The van der Waals surface area contributed by atoms with Crippen molar-refractivity contribution in [2.75, 3.05) is 7.05 Å². The molecule has 0 aliphatic rings. The number of rotatable bonds is 5. The molecular formula is C14H23NO.